The first kappa shape index (κ1) is 15.1. The Morgan fingerprint density at radius 3 is 2.88 bits per heavy atom. The van der Waals surface area contributed by atoms with Crippen molar-refractivity contribution in [2.45, 2.75) is 25.7 Å². The highest BCUT2D eigenvalue weighted by Crippen LogP contribution is 2.40. The van der Waals surface area contributed by atoms with E-state index in [1.54, 1.807) is 13.0 Å². The second-order valence-corrected chi connectivity index (χ2v) is 6.31. The molecule has 0 aliphatic heterocycles. The zero-order valence-corrected chi connectivity index (χ0v) is 13.5. The van der Waals surface area contributed by atoms with Crippen LogP contribution in [-0.2, 0) is 0 Å². The van der Waals surface area contributed by atoms with E-state index in [-0.39, 0.29) is 10.9 Å². The number of carbonyl (C=O) groups excluding carboxylic acids is 1. The molecular formula is C17H13ClFN3O2. The number of amides is 1. The van der Waals surface area contributed by atoms with Gasteiger partial charge in [0.25, 0.3) is 11.6 Å². The van der Waals surface area contributed by atoms with Crippen LogP contribution in [-0.4, -0.2) is 16.0 Å². The van der Waals surface area contributed by atoms with E-state index in [2.05, 4.69) is 15.5 Å². The van der Waals surface area contributed by atoms with Crippen LogP contribution in [0.15, 0.2) is 28.8 Å². The highest BCUT2D eigenvalue weighted by atomic mass is 35.5. The third-order valence-electron chi connectivity index (χ3n) is 4.05. The lowest BCUT2D eigenvalue weighted by atomic mass is 10.1. The molecule has 1 saturated carbocycles. The molecule has 2 heterocycles. The van der Waals surface area contributed by atoms with Gasteiger partial charge in [-0.2, -0.15) is 0 Å². The Morgan fingerprint density at radius 2 is 2.17 bits per heavy atom. The van der Waals surface area contributed by atoms with E-state index in [9.17, 15) is 9.18 Å². The molecule has 122 valence electrons. The molecule has 0 radical (unpaired) electrons. The first-order chi connectivity index (χ1) is 11.5. The summed E-state index contributed by atoms with van der Waals surface area (Å²) in [7, 11) is 0. The van der Waals surface area contributed by atoms with Crippen LogP contribution in [0.1, 0.15) is 40.5 Å². The summed E-state index contributed by atoms with van der Waals surface area (Å²) in [5, 5.41) is 7.18. The average Bonchev–Trinajstić information content (AvgIpc) is 3.34. The Labute approximate surface area is 141 Å². The molecule has 1 aliphatic rings. The molecular weight excluding hydrogens is 333 g/mol. The van der Waals surface area contributed by atoms with Crippen LogP contribution in [0.5, 0.6) is 0 Å². The maximum Gasteiger partial charge on any atom is 0.259 e. The summed E-state index contributed by atoms with van der Waals surface area (Å²) in [5.74, 6) is -0.503. The fourth-order valence-corrected chi connectivity index (χ4v) is 2.83. The van der Waals surface area contributed by atoms with Crippen LogP contribution in [0.4, 0.5) is 10.1 Å². The highest BCUT2D eigenvalue weighted by Gasteiger charge is 2.28. The third kappa shape index (κ3) is 2.63. The summed E-state index contributed by atoms with van der Waals surface area (Å²) in [5.41, 5.74) is 2.65. The molecule has 1 amide bonds. The monoisotopic (exact) mass is 345 g/mol. The van der Waals surface area contributed by atoms with Crippen LogP contribution in [0, 0.1) is 12.7 Å². The van der Waals surface area contributed by atoms with Gasteiger partial charge in [0.2, 0.25) is 0 Å². The molecule has 1 aromatic carbocycles. The number of hydrogen-bond acceptors (Lipinski definition) is 4. The number of pyridine rings is 1. The first-order valence-electron chi connectivity index (χ1n) is 7.56. The number of hydrogen-bond donors (Lipinski definition) is 1. The fourth-order valence-electron chi connectivity index (χ4n) is 2.65. The van der Waals surface area contributed by atoms with Crippen LogP contribution in [0.3, 0.4) is 0 Å². The molecule has 1 fully saturated rings. The van der Waals surface area contributed by atoms with Crippen molar-refractivity contribution in [3.63, 3.8) is 0 Å². The number of aromatic nitrogens is 2. The number of nitrogens with zero attached hydrogens (tertiary/aromatic N) is 2. The molecule has 7 heteroatoms. The van der Waals surface area contributed by atoms with Crippen molar-refractivity contribution >= 4 is 34.3 Å². The van der Waals surface area contributed by atoms with E-state index in [0.717, 1.165) is 18.5 Å². The highest BCUT2D eigenvalue weighted by molar-refractivity contribution is 6.31. The van der Waals surface area contributed by atoms with Gasteiger partial charge in [-0.3, -0.25) is 4.79 Å². The van der Waals surface area contributed by atoms with Crippen LogP contribution < -0.4 is 5.32 Å². The van der Waals surface area contributed by atoms with E-state index >= 15 is 0 Å². The number of fused-ring (bicyclic) bond motifs is 1. The Kier molecular flexibility index (Phi) is 3.49. The molecule has 0 saturated heterocycles. The van der Waals surface area contributed by atoms with Gasteiger partial charge in [0, 0.05) is 17.3 Å². The molecule has 5 nitrogen and oxygen atoms in total. The lowest BCUT2D eigenvalue weighted by molar-refractivity contribution is 0.102. The maximum atomic E-state index is 13.3. The number of halogens is 2. The van der Waals surface area contributed by atoms with Crippen molar-refractivity contribution in [2.75, 3.05) is 5.32 Å². The lowest BCUT2D eigenvalue weighted by Crippen LogP contribution is -2.13. The van der Waals surface area contributed by atoms with E-state index in [1.807, 2.05) is 0 Å². The van der Waals surface area contributed by atoms with Crippen LogP contribution in [0.2, 0.25) is 5.02 Å². The largest absolute Gasteiger partial charge is 0.336 e. The standard InChI is InChI=1S/C17H13ClFN3O2/c1-8-15-11(7-14(9-2-3-9)21-17(15)24-22-8)16(23)20-10-4-5-13(19)12(18)6-10/h4-7,9H,2-3H2,1H3,(H,20,23). The summed E-state index contributed by atoms with van der Waals surface area (Å²) < 4.78 is 18.5. The summed E-state index contributed by atoms with van der Waals surface area (Å²) in [6.45, 7) is 1.76. The molecule has 1 N–H and O–H groups in total. The molecule has 0 spiro atoms. The minimum atomic E-state index is -0.535. The van der Waals surface area contributed by atoms with Gasteiger partial charge >= 0.3 is 0 Å². The number of carbonyl (C=O) groups is 1. The second kappa shape index (κ2) is 5.56. The van der Waals surface area contributed by atoms with Crippen molar-refractivity contribution in [1.82, 2.24) is 10.1 Å². The Bertz CT molecular complexity index is 966. The molecule has 0 bridgehead atoms. The Morgan fingerprint density at radius 1 is 1.38 bits per heavy atom. The summed E-state index contributed by atoms with van der Waals surface area (Å²) in [6.07, 6.45) is 2.11. The third-order valence-corrected chi connectivity index (χ3v) is 4.34. The minimum Gasteiger partial charge on any atom is -0.336 e. The lowest BCUT2D eigenvalue weighted by Gasteiger charge is -2.08. The van der Waals surface area contributed by atoms with Gasteiger partial charge < -0.3 is 9.84 Å². The van der Waals surface area contributed by atoms with Gasteiger partial charge in [0.05, 0.1) is 21.7 Å². The fraction of sp³-hybridized carbons (Fsp3) is 0.235. The summed E-state index contributed by atoms with van der Waals surface area (Å²) in [4.78, 5) is 17.2. The van der Waals surface area contributed by atoms with E-state index in [4.69, 9.17) is 16.1 Å². The maximum absolute atomic E-state index is 13.3. The zero-order chi connectivity index (χ0) is 16.8. The van der Waals surface area contributed by atoms with Crippen LogP contribution in [0.25, 0.3) is 11.1 Å². The van der Waals surface area contributed by atoms with E-state index in [1.165, 1.54) is 18.2 Å². The molecule has 2 aromatic heterocycles. The van der Waals surface area contributed by atoms with E-state index in [0.29, 0.717) is 34.0 Å². The summed E-state index contributed by atoms with van der Waals surface area (Å²) in [6, 6.07) is 5.82. The SMILES string of the molecule is Cc1noc2nc(C3CC3)cc(C(=O)Nc3ccc(F)c(Cl)c3)c12. The van der Waals surface area contributed by atoms with Gasteiger partial charge in [-0.05, 0) is 44.0 Å². The number of aryl methyl sites for hydroxylation is 1. The zero-order valence-electron chi connectivity index (χ0n) is 12.8. The Hall–Kier alpha value is -2.47. The van der Waals surface area contributed by atoms with E-state index < -0.39 is 5.82 Å². The number of rotatable bonds is 3. The predicted octanol–water partition coefficient (Wildman–Crippen LogP) is 4.45. The number of nitrogens with one attached hydrogen (secondary N) is 1. The summed E-state index contributed by atoms with van der Waals surface area (Å²) >= 11 is 5.76. The van der Waals surface area contributed by atoms with Crippen LogP contribution >= 0.6 is 11.6 Å². The second-order valence-electron chi connectivity index (χ2n) is 5.90. The van der Waals surface area contributed by atoms with Gasteiger partial charge in [0.15, 0.2) is 0 Å². The average molecular weight is 346 g/mol. The smallest absolute Gasteiger partial charge is 0.259 e. The molecule has 4 rings (SSSR count). The normalized spacial score (nSPS) is 14.1. The first-order valence-corrected chi connectivity index (χ1v) is 7.94. The van der Waals surface area contributed by atoms with Crippen molar-refractivity contribution < 1.29 is 13.7 Å². The predicted molar refractivity (Wildman–Crippen MR) is 87.9 cm³/mol. The molecule has 24 heavy (non-hydrogen) atoms. The topological polar surface area (TPSA) is 68.0 Å². The quantitative estimate of drug-likeness (QED) is 0.761. The van der Waals surface area contributed by atoms with Gasteiger partial charge in [-0.1, -0.05) is 16.8 Å². The molecule has 1 aliphatic carbocycles. The number of benzene rings is 1. The molecule has 3 aromatic rings. The van der Waals surface area contributed by atoms with Crippen molar-refractivity contribution in [1.29, 1.82) is 0 Å². The van der Waals surface area contributed by atoms with Crippen molar-refractivity contribution in [3.8, 4) is 0 Å². The van der Waals surface area contributed by atoms with Gasteiger partial charge in [-0.15, -0.1) is 0 Å². The van der Waals surface area contributed by atoms with Crippen molar-refractivity contribution in [3.05, 3.63) is 52.1 Å². The van der Waals surface area contributed by atoms with Gasteiger partial charge in [0.1, 0.15) is 5.82 Å². The molecule has 0 unspecified atom stereocenters. The van der Waals surface area contributed by atoms with Gasteiger partial charge in [-0.25, -0.2) is 9.37 Å². The number of anilines is 1. The Balaban J connectivity index is 1.75. The molecule has 0 atom stereocenters. The minimum absolute atomic E-state index is 0.0486. The van der Waals surface area contributed by atoms with Crippen molar-refractivity contribution in [2.24, 2.45) is 0 Å².